The summed E-state index contributed by atoms with van der Waals surface area (Å²) >= 11 is 0. The molecule has 0 aliphatic rings. The van der Waals surface area contributed by atoms with E-state index in [4.69, 9.17) is 0 Å². The Morgan fingerprint density at radius 2 is 2.33 bits per heavy atom. The van der Waals surface area contributed by atoms with Crippen LogP contribution in [0.3, 0.4) is 0 Å². The van der Waals surface area contributed by atoms with E-state index in [2.05, 4.69) is 23.5 Å². The quantitative estimate of drug-likeness (QED) is 0.320. The van der Waals surface area contributed by atoms with Gasteiger partial charge in [0.25, 0.3) is 6.47 Å². The van der Waals surface area contributed by atoms with Crippen molar-refractivity contribution < 1.29 is 9.53 Å². The third kappa shape index (κ3) is 7.03. The first kappa shape index (κ1) is 8.03. The lowest BCUT2D eigenvalue weighted by Gasteiger charge is -1.83. The molecule has 0 rings (SSSR count). The number of unbranched alkanes of at least 4 members (excludes halogenated alkanes) is 1. The molecule has 0 aromatic carbocycles. The predicted molar refractivity (Wildman–Crippen MR) is 34.7 cm³/mol. The van der Waals surface area contributed by atoms with Gasteiger partial charge in [0.2, 0.25) is 0 Å². The largest absolute Gasteiger partial charge is 0.455 e. The van der Waals surface area contributed by atoms with Gasteiger partial charge in [-0.2, -0.15) is 0 Å². The van der Waals surface area contributed by atoms with Crippen molar-refractivity contribution in [3.8, 4) is 11.8 Å². The molecule has 2 nitrogen and oxygen atoms in total. The van der Waals surface area contributed by atoms with Crippen LogP contribution < -0.4 is 0 Å². The van der Waals surface area contributed by atoms with Crippen LogP contribution in [0.15, 0.2) is 0 Å². The van der Waals surface area contributed by atoms with Gasteiger partial charge < -0.3 is 4.74 Å². The number of carbonyl (C=O) groups excluding carboxylic acids is 1. The Kier molecular flexibility index (Phi) is 6.27. The van der Waals surface area contributed by atoms with E-state index in [-0.39, 0.29) is 6.61 Å². The summed E-state index contributed by atoms with van der Waals surface area (Å²) in [5.74, 6) is 5.52. The Morgan fingerprint density at radius 3 is 2.89 bits per heavy atom. The minimum Gasteiger partial charge on any atom is -0.455 e. The molecule has 0 fully saturated rings. The lowest BCUT2D eigenvalue weighted by atomic mass is 10.3. The SMILES string of the molecule is CCCC#CCOC=O. The minimum absolute atomic E-state index is 0.226. The molecule has 0 aromatic heterocycles. The maximum Gasteiger partial charge on any atom is 0.294 e. The van der Waals surface area contributed by atoms with Crippen molar-refractivity contribution in [1.82, 2.24) is 0 Å². The Hall–Kier alpha value is -0.970. The van der Waals surface area contributed by atoms with Crippen LogP contribution in [0.5, 0.6) is 0 Å². The average molecular weight is 126 g/mol. The third-order valence-corrected chi connectivity index (χ3v) is 0.724. The van der Waals surface area contributed by atoms with Crippen molar-refractivity contribution in [3.63, 3.8) is 0 Å². The summed E-state index contributed by atoms with van der Waals surface area (Å²) in [6.07, 6.45) is 1.93. The molecule has 0 aliphatic carbocycles. The van der Waals surface area contributed by atoms with Gasteiger partial charge in [0.1, 0.15) is 0 Å². The number of ether oxygens (including phenoxy) is 1. The normalized spacial score (nSPS) is 7.22. The molecule has 0 atom stereocenters. The highest BCUT2D eigenvalue weighted by molar-refractivity contribution is 5.37. The molecule has 0 aromatic rings. The van der Waals surface area contributed by atoms with Gasteiger partial charge >= 0.3 is 0 Å². The van der Waals surface area contributed by atoms with Crippen LogP contribution >= 0.6 is 0 Å². The van der Waals surface area contributed by atoms with Gasteiger partial charge in [-0.15, -0.1) is 0 Å². The van der Waals surface area contributed by atoms with Gasteiger partial charge in [0.15, 0.2) is 6.61 Å². The van der Waals surface area contributed by atoms with E-state index in [9.17, 15) is 4.79 Å². The maximum absolute atomic E-state index is 9.55. The summed E-state index contributed by atoms with van der Waals surface area (Å²) in [5.41, 5.74) is 0. The highest BCUT2D eigenvalue weighted by Gasteiger charge is 1.72. The fraction of sp³-hybridized carbons (Fsp3) is 0.571. The molecule has 50 valence electrons. The summed E-state index contributed by atoms with van der Waals surface area (Å²) in [6.45, 7) is 2.68. The number of rotatable bonds is 3. The molecule has 0 radical (unpaired) electrons. The van der Waals surface area contributed by atoms with Crippen LogP contribution in [0, 0.1) is 11.8 Å². The molecule has 0 unspecified atom stereocenters. The van der Waals surface area contributed by atoms with Gasteiger partial charge in [-0.3, -0.25) is 4.79 Å². The lowest BCUT2D eigenvalue weighted by Crippen LogP contribution is -1.85. The topological polar surface area (TPSA) is 26.3 Å². The molecular weight excluding hydrogens is 116 g/mol. The molecule has 0 amide bonds. The van der Waals surface area contributed by atoms with E-state index in [1.807, 2.05) is 0 Å². The Balaban J connectivity index is 3.05. The van der Waals surface area contributed by atoms with E-state index >= 15 is 0 Å². The summed E-state index contributed by atoms with van der Waals surface area (Å²) < 4.78 is 4.33. The molecule has 0 heterocycles. The summed E-state index contributed by atoms with van der Waals surface area (Å²) in [7, 11) is 0. The van der Waals surface area contributed by atoms with E-state index in [1.54, 1.807) is 0 Å². The van der Waals surface area contributed by atoms with E-state index < -0.39 is 0 Å². The molecule has 0 bridgehead atoms. The van der Waals surface area contributed by atoms with Crippen LogP contribution in [0.2, 0.25) is 0 Å². The third-order valence-electron chi connectivity index (χ3n) is 0.724. The van der Waals surface area contributed by atoms with Gasteiger partial charge in [-0.05, 0) is 6.42 Å². The second-order valence-corrected chi connectivity index (χ2v) is 1.51. The molecule has 0 saturated heterocycles. The Labute approximate surface area is 55.2 Å². The molecular formula is C7H10O2. The minimum atomic E-state index is 0.226. The predicted octanol–water partition coefficient (Wildman–Crippen LogP) is 0.963. The summed E-state index contributed by atoms with van der Waals surface area (Å²) in [5, 5.41) is 0. The monoisotopic (exact) mass is 126 g/mol. The van der Waals surface area contributed by atoms with Crippen LogP contribution in [0.25, 0.3) is 0 Å². The van der Waals surface area contributed by atoms with Gasteiger partial charge in [0.05, 0.1) is 0 Å². The van der Waals surface area contributed by atoms with Gasteiger partial charge in [-0.1, -0.05) is 18.8 Å². The van der Waals surface area contributed by atoms with E-state index in [0.29, 0.717) is 6.47 Å². The van der Waals surface area contributed by atoms with Gasteiger partial charge in [-0.25, -0.2) is 0 Å². The molecule has 0 saturated carbocycles. The second-order valence-electron chi connectivity index (χ2n) is 1.51. The molecule has 2 heteroatoms. The Bertz CT molecular complexity index is 119. The van der Waals surface area contributed by atoms with Crippen LogP contribution in [-0.4, -0.2) is 13.1 Å². The van der Waals surface area contributed by atoms with Crippen LogP contribution in [0.1, 0.15) is 19.8 Å². The van der Waals surface area contributed by atoms with E-state index in [0.717, 1.165) is 12.8 Å². The summed E-state index contributed by atoms with van der Waals surface area (Å²) in [6, 6.07) is 0. The number of hydrogen-bond donors (Lipinski definition) is 0. The molecule has 9 heavy (non-hydrogen) atoms. The van der Waals surface area contributed by atoms with Crippen molar-refractivity contribution in [1.29, 1.82) is 0 Å². The number of hydrogen-bond acceptors (Lipinski definition) is 2. The smallest absolute Gasteiger partial charge is 0.294 e. The zero-order valence-electron chi connectivity index (χ0n) is 5.52. The fourth-order valence-corrected chi connectivity index (χ4v) is 0.340. The summed E-state index contributed by atoms with van der Waals surface area (Å²) in [4.78, 5) is 9.55. The highest BCUT2D eigenvalue weighted by Crippen LogP contribution is 1.80. The molecule has 0 aliphatic heterocycles. The zero-order valence-corrected chi connectivity index (χ0v) is 5.52. The average Bonchev–Trinajstić information content (AvgIpc) is 1.89. The van der Waals surface area contributed by atoms with Crippen LogP contribution in [0.4, 0.5) is 0 Å². The number of carbonyl (C=O) groups is 1. The molecule has 0 spiro atoms. The first-order valence-electron chi connectivity index (χ1n) is 2.92. The Morgan fingerprint density at radius 1 is 1.56 bits per heavy atom. The molecule has 0 N–H and O–H groups in total. The first-order valence-corrected chi connectivity index (χ1v) is 2.92. The second kappa shape index (κ2) is 7.03. The van der Waals surface area contributed by atoms with Crippen molar-refractivity contribution in [2.45, 2.75) is 19.8 Å². The fourth-order valence-electron chi connectivity index (χ4n) is 0.340. The highest BCUT2D eigenvalue weighted by atomic mass is 16.5. The van der Waals surface area contributed by atoms with Crippen LogP contribution in [-0.2, 0) is 9.53 Å². The van der Waals surface area contributed by atoms with Crippen molar-refractivity contribution in [2.75, 3.05) is 6.61 Å². The lowest BCUT2D eigenvalue weighted by molar-refractivity contribution is -0.127. The van der Waals surface area contributed by atoms with Crippen molar-refractivity contribution in [3.05, 3.63) is 0 Å². The van der Waals surface area contributed by atoms with Crippen molar-refractivity contribution >= 4 is 6.47 Å². The zero-order chi connectivity index (χ0) is 6.95. The van der Waals surface area contributed by atoms with Gasteiger partial charge in [0, 0.05) is 6.42 Å². The standard InChI is InChI=1S/C7H10O2/c1-2-3-4-5-6-9-7-8/h7H,2-3,6H2,1H3. The van der Waals surface area contributed by atoms with Crippen molar-refractivity contribution in [2.24, 2.45) is 0 Å². The first-order chi connectivity index (χ1) is 4.41. The van der Waals surface area contributed by atoms with E-state index in [1.165, 1.54) is 0 Å². The maximum atomic E-state index is 9.55.